The zero-order valence-corrected chi connectivity index (χ0v) is 22.8. The molecule has 3 aliphatic heterocycles. The molecule has 1 spiro atoms. The Morgan fingerprint density at radius 2 is 1.69 bits per heavy atom. The zero-order valence-electron chi connectivity index (χ0n) is 22.8. The molecule has 39 heavy (non-hydrogen) atoms. The van der Waals surface area contributed by atoms with Crippen molar-refractivity contribution in [3.8, 4) is 5.75 Å². The number of amides is 3. The Bertz CT molecular complexity index is 1240. The van der Waals surface area contributed by atoms with E-state index in [0.29, 0.717) is 36.4 Å². The molecule has 9 heteroatoms. The van der Waals surface area contributed by atoms with Gasteiger partial charge in [0.15, 0.2) is 0 Å². The van der Waals surface area contributed by atoms with Crippen molar-refractivity contribution in [2.75, 3.05) is 24.4 Å². The molecule has 0 saturated carbocycles. The van der Waals surface area contributed by atoms with E-state index >= 15 is 0 Å². The number of hydrogen-bond acceptors (Lipinski definition) is 6. The van der Waals surface area contributed by atoms with E-state index in [1.165, 1.54) is 4.90 Å². The second kappa shape index (κ2) is 10.3. The zero-order chi connectivity index (χ0) is 27.9. The molecular weight excluding hydrogens is 498 g/mol. The Morgan fingerprint density at radius 1 is 1.05 bits per heavy atom. The summed E-state index contributed by atoms with van der Waals surface area (Å²) in [5.41, 5.74) is -0.840. The molecule has 3 amide bonds. The molecule has 3 N–H and O–H groups in total. The highest BCUT2D eigenvalue weighted by atomic mass is 16.5. The molecule has 208 valence electrons. The van der Waals surface area contributed by atoms with E-state index in [1.54, 1.807) is 43.5 Å². The second-order valence-corrected chi connectivity index (χ2v) is 11.1. The number of ether oxygens (including phenoxy) is 2. The normalized spacial score (nSPS) is 29.8. The number of para-hydroxylation sites is 1. The van der Waals surface area contributed by atoms with Crippen molar-refractivity contribution in [3.05, 3.63) is 54.6 Å². The van der Waals surface area contributed by atoms with Gasteiger partial charge in [0.25, 0.3) is 0 Å². The lowest BCUT2D eigenvalue weighted by Crippen LogP contribution is -2.57. The van der Waals surface area contributed by atoms with Gasteiger partial charge in [-0.05, 0) is 61.6 Å². The smallest absolute Gasteiger partial charge is 0.250 e. The maximum absolute atomic E-state index is 14.3. The number of carbonyl (C=O) groups is 3. The number of likely N-dealkylation sites (tertiary alicyclic amines) is 1. The van der Waals surface area contributed by atoms with Crippen LogP contribution in [0.1, 0.15) is 40.0 Å². The summed E-state index contributed by atoms with van der Waals surface area (Å²) in [5.74, 6) is -2.08. The average Bonchev–Trinajstić information content (AvgIpc) is 3.54. The van der Waals surface area contributed by atoms with Gasteiger partial charge in [0.05, 0.1) is 37.2 Å². The number of rotatable bonds is 9. The Hall–Kier alpha value is -3.43. The number of carbonyl (C=O) groups excluding carboxylic acids is 3. The molecule has 0 radical (unpaired) electrons. The summed E-state index contributed by atoms with van der Waals surface area (Å²) < 4.78 is 12.0. The molecule has 9 nitrogen and oxygen atoms in total. The molecule has 3 heterocycles. The van der Waals surface area contributed by atoms with Crippen molar-refractivity contribution in [1.29, 1.82) is 0 Å². The lowest BCUT2D eigenvalue weighted by Gasteiger charge is -2.38. The van der Waals surface area contributed by atoms with Crippen LogP contribution in [0.3, 0.4) is 0 Å². The number of aliphatic hydroxyl groups is 1. The Balaban J connectivity index is 1.55. The summed E-state index contributed by atoms with van der Waals surface area (Å²) in [6.07, 6.45) is 1.57. The standard InChI is InChI=1S/C30H37N3O6/c1-5-29-15-16-30(39-29)24(23(29)26(35)31-19-9-7-6-8-10-19)28(37)33(22(17-34)18(2)3)25(30)27(36)32-20-11-13-21(38-4)14-12-20/h6-14,18,22-25,34H,5,15-17H2,1-4H3,(H,31,35)(H,32,36)/t22-,23-,24-,25?,29+,30?/m0/s1. The predicted molar refractivity (Wildman–Crippen MR) is 146 cm³/mol. The fraction of sp³-hybridized carbons (Fsp3) is 0.500. The van der Waals surface area contributed by atoms with Gasteiger partial charge in [-0.25, -0.2) is 0 Å². The van der Waals surface area contributed by atoms with Crippen LogP contribution in [0.25, 0.3) is 0 Å². The van der Waals surface area contributed by atoms with Crippen LogP contribution < -0.4 is 15.4 Å². The van der Waals surface area contributed by atoms with Crippen molar-refractivity contribution in [1.82, 2.24) is 4.90 Å². The monoisotopic (exact) mass is 535 g/mol. The molecule has 2 bridgehead atoms. The number of aliphatic hydroxyl groups excluding tert-OH is 1. The van der Waals surface area contributed by atoms with Crippen molar-refractivity contribution >= 4 is 29.1 Å². The lowest BCUT2D eigenvalue weighted by molar-refractivity contribution is -0.149. The first-order valence-corrected chi connectivity index (χ1v) is 13.7. The minimum absolute atomic E-state index is 0.126. The number of methoxy groups -OCH3 is 1. The van der Waals surface area contributed by atoms with Crippen LogP contribution in [0, 0.1) is 17.8 Å². The van der Waals surface area contributed by atoms with Gasteiger partial charge in [-0.3, -0.25) is 14.4 Å². The van der Waals surface area contributed by atoms with E-state index in [4.69, 9.17) is 9.47 Å². The molecule has 0 aromatic heterocycles. The number of hydrogen-bond donors (Lipinski definition) is 3. The van der Waals surface area contributed by atoms with Gasteiger partial charge >= 0.3 is 0 Å². The Morgan fingerprint density at radius 3 is 2.28 bits per heavy atom. The SMILES string of the molecule is CC[C@]12CCC3(O1)C(C(=O)Nc1ccc(OC)cc1)N([C@@H](CO)C(C)C)C(=O)[C@@H]3[C@H]2C(=O)Nc1ccccc1. The molecule has 2 aromatic rings. The molecule has 2 unspecified atom stereocenters. The summed E-state index contributed by atoms with van der Waals surface area (Å²) in [4.78, 5) is 43.7. The molecule has 5 rings (SSSR count). The Kier molecular flexibility index (Phi) is 7.15. The maximum atomic E-state index is 14.3. The van der Waals surface area contributed by atoms with Crippen LogP contribution >= 0.6 is 0 Å². The molecule has 0 aliphatic carbocycles. The van der Waals surface area contributed by atoms with Gasteiger partial charge < -0.3 is 30.1 Å². The first kappa shape index (κ1) is 27.1. The minimum Gasteiger partial charge on any atom is -0.497 e. The number of benzene rings is 2. The van der Waals surface area contributed by atoms with Gasteiger partial charge in [-0.15, -0.1) is 0 Å². The quantitative estimate of drug-likeness (QED) is 0.453. The van der Waals surface area contributed by atoms with E-state index in [0.717, 1.165) is 0 Å². The topological polar surface area (TPSA) is 117 Å². The Labute approximate surface area is 228 Å². The van der Waals surface area contributed by atoms with E-state index in [1.807, 2.05) is 39.0 Å². The molecular formula is C30H37N3O6. The maximum Gasteiger partial charge on any atom is 0.250 e. The summed E-state index contributed by atoms with van der Waals surface area (Å²) in [6.45, 7) is 5.47. The third-order valence-corrected chi connectivity index (χ3v) is 8.86. The molecule has 2 aromatic carbocycles. The largest absolute Gasteiger partial charge is 0.497 e. The number of nitrogens with one attached hydrogen (secondary N) is 2. The molecule has 3 fully saturated rings. The highest BCUT2D eigenvalue weighted by Gasteiger charge is 2.79. The molecule has 3 aliphatic rings. The van der Waals surface area contributed by atoms with Gasteiger partial charge in [0.2, 0.25) is 17.7 Å². The lowest BCUT2D eigenvalue weighted by atomic mass is 9.65. The third kappa shape index (κ3) is 4.28. The van der Waals surface area contributed by atoms with Crippen molar-refractivity contribution < 1.29 is 29.0 Å². The second-order valence-electron chi connectivity index (χ2n) is 11.1. The van der Waals surface area contributed by atoms with Gasteiger partial charge in [-0.1, -0.05) is 39.0 Å². The van der Waals surface area contributed by atoms with E-state index in [2.05, 4.69) is 10.6 Å². The van der Waals surface area contributed by atoms with Crippen LogP contribution in [-0.4, -0.2) is 64.7 Å². The van der Waals surface area contributed by atoms with Gasteiger partial charge in [0, 0.05) is 11.4 Å². The van der Waals surface area contributed by atoms with Crippen LogP contribution in [-0.2, 0) is 19.1 Å². The van der Waals surface area contributed by atoms with E-state index in [9.17, 15) is 19.5 Å². The first-order chi connectivity index (χ1) is 18.7. The predicted octanol–water partition coefficient (Wildman–Crippen LogP) is 3.44. The van der Waals surface area contributed by atoms with Crippen LogP contribution in [0.2, 0.25) is 0 Å². The fourth-order valence-electron chi connectivity index (χ4n) is 6.96. The molecule has 6 atom stereocenters. The number of fused-ring (bicyclic) bond motifs is 1. The van der Waals surface area contributed by atoms with Gasteiger partial charge in [0.1, 0.15) is 17.4 Å². The fourth-order valence-corrected chi connectivity index (χ4v) is 6.96. The summed E-state index contributed by atoms with van der Waals surface area (Å²) in [6, 6.07) is 14.5. The highest BCUT2D eigenvalue weighted by Crippen LogP contribution is 2.64. The summed E-state index contributed by atoms with van der Waals surface area (Å²) in [7, 11) is 1.57. The van der Waals surface area contributed by atoms with Crippen LogP contribution in [0.5, 0.6) is 5.75 Å². The van der Waals surface area contributed by atoms with Gasteiger partial charge in [-0.2, -0.15) is 0 Å². The summed E-state index contributed by atoms with van der Waals surface area (Å²) in [5, 5.41) is 16.3. The van der Waals surface area contributed by atoms with E-state index in [-0.39, 0.29) is 24.3 Å². The third-order valence-electron chi connectivity index (χ3n) is 8.86. The van der Waals surface area contributed by atoms with Crippen LogP contribution in [0.4, 0.5) is 11.4 Å². The first-order valence-electron chi connectivity index (χ1n) is 13.7. The minimum atomic E-state index is -1.18. The molecule has 3 saturated heterocycles. The van der Waals surface area contributed by atoms with E-state index < -0.39 is 41.0 Å². The van der Waals surface area contributed by atoms with Crippen molar-refractivity contribution in [3.63, 3.8) is 0 Å². The van der Waals surface area contributed by atoms with Crippen molar-refractivity contribution in [2.24, 2.45) is 17.8 Å². The highest BCUT2D eigenvalue weighted by molar-refractivity contribution is 6.05. The summed E-state index contributed by atoms with van der Waals surface area (Å²) >= 11 is 0. The number of anilines is 2. The number of nitrogens with zero attached hydrogens (tertiary/aromatic N) is 1. The van der Waals surface area contributed by atoms with Crippen molar-refractivity contribution in [2.45, 2.75) is 63.3 Å². The van der Waals surface area contributed by atoms with Crippen LogP contribution in [0.15, 0.2) is 54.6 Å². The average molecular weight is 536 g/mol.